The lowest BCUT2D eigenvalue weighted by atomic mass is 10.1. The monoisotopic (exact) mass is 277 g/mol. The molecule has 100 valence electrons. The number of hydrogen-bond acceptors (Lipinski definition) is 4. The number of nitrogens with zero attached hydrogens (tertiary/aromatic N) is 4. The number of halogens is 1. The average molecular weight is 278 g/mol. The summed E-state index contributed by atoms with van der Waals surface area (Å²) >= 11 is 6.22. The van der Waals surface area contributed by atoms with Crippen molar-refractivity contribution in [1.82, 2.24) is 20.2 Å². The summed E-state index contributed by atoms with van der Waals surface area (Å²) in [6, 6.07) is 5.75. The summed E-state index contributed by atoms with van der Waals surface area (Å²) in [6.45, 7) is 0.985. The maximum absolute atomic E-state index is 6.22. The molecule has 6 heteroatoms. The lowest BCUT2D eigenvalue weighted by Crippen LogP contribution is -2.11. The molecule has 1 fully saturated rings. The standard InChI is InChI=1S/C13H16ClN5/c14-12-6-5-11(19-9-16-17-18-19)7-13(12)15-8-10-3-1-2-4-10/h5-7,9-10,15H,1-4,8H2. The largest absolute Gasteiger partial charge is 0.384 e. The molecular weight excluding hydrogens is 262 g/mol. The molecule has 1 saturated carbocycles. The number of benzene rings is 1. The predicted molar refractivity (Wildman–Crippen MR) is 74.6 cm³/mol. The van der Waals surface area contributed by atoms with Crippen LogP contribution in [0.5, 0.6) is 0 Å². The van der Waals surface area contributed by atoms with Crippen molar-refractivity contribution in [1.29, 1.82) is 0 Å². The highest BCUT2D eigenvalue weighted by molar-refractivity contribution is 6.33. The van der Waals surface area contributed by atoms with E-state index >= 15 is 0 Å². The zero-order valence-corrected chi connectivity index (χ0v) is 11.3. The predicted octanol–water partition coefficient (Wildman–Crippen LogP) is 2.92. The molecule has 3 rings (SSSR count). The second kappa shape index (κ2) is 5.57. The molecular formula is C13H16ClN5. The molecule has 0 unspecified atom stereocenters. The zero-order valence-electron chi connectivity index (χ0n) is 10.6. The van der Waals surface area contributed by atoms with Crippen LogP contribution in [0.25, 0.3) is 5.69 Å². The summed E-state index contributed by atoms with van der Waals surface area (Å²) in [5.41, 5.74) is 1.85. The number of tetrazole rings is 1. The maximum atomic E-state index is 6.22. The number of anilines is 1. The molecule has 1 aliphatic rings. The van der Waals surface area contributed by atoms with E-state index in [1.807, 2.05) is 18.2 Å². The lowest BCUT2D eigenvalue weighted by molar-refractivity contribution is 0.580. The minimum Gasteiger partial charge on any atom is -0.384 e. The fraction of sp³-hybridized carbons (Fsp3) is 0.462. The Labute approximate surface area is 117 Å². The second-order valence-corrected chi connectivity index (χ2v) is 5.36. The van der Waals surface area contributed by atoms with Crippen molar-refractivity contribution < 1.29 is 0 Å². The van der Waals surface area contributed by atoms with Crippen LogP contribution in [0.15, 0.2) is 24.5 Å². The van der Waals surface area contributed by atoms with Crippen molar-refractivity contribution in [2.24, 2.45) is 5.92 Å². The molecule has 0 spiro atoms. The summed E-state index contributed by atoms with van der Waals surface area (Å²) in [5.74, 6) is 0.771. The Kier molecular flexibility index (Phi) is 3.64. The van der Waals surface area contributed by atoms with Gasteiger partial charge in [0.2, 0.25) is 0 Å². The van der Waals surface area contributed by atoms with Crippen LogP contribution in [-0.2, 0) is 0 Å². The van der Waals surface area contributed by atoms with Crippen LogP contribution in [0.3, 0.4) is 0 Å². The van der Waals surface area contributed by atoms with Gasteiger partial charge >= 0.3 is 0 Å². The molecule has 1 N–H and O–H groups in total. The van der Waals surface area contributed by atoms with Crippen LogP contribution in [0.1, 0.15) is 25.7 Å². The van der Waals surface area contributed by atoms with Crippen LogP contribution in [-0.4, -0.2) is 26.8 Å². The van der Waals surface area contributed by atoms with E-state index in [1.165, 1.54) is 25.7 Å². The minimum atomic E-state index is 0.731. The molecule has 5 nitrogen and oxygen atoms in total. The van der Waals surface area contributed by atoms with Crippen LogP contribution < -0.4 is 5.32 Å². The highest BCUT2D eigenvalue weighted by Gasteiger charge is 2.15. The van der Waals surface area contributed by atoms with Crippen molar-refractivity contribution in [2.45, 2.75) is 25.7 Å². The van der Waals surface area contributed by atoms with Gasteiger partial charge in [-0.1, -0.05) is 24.4 Å². The molecule has 1 heterocycles. The van der Waals surface area contributed by atoms with Gasteiger partial charge in [0.25, 0.3) is 0 Å². The topological polar surface area (TPSA) is 55.6 Å². The summed E-state index contributed by atoms with van der Waals surface area (Å²) in [5, 5.41) is 15.3. The zero-order chi connectivity index (χ0) is 13.1. The van der Waals surface area contributed by atoms with Gasteiger partial charge in [0.15, 0.2) is 0 Å². The average Bonchev–Trinajstić information content (AvgIpc) is 3.11. The molecule has 0 amide bonds. The van der Waals surface area contributed by atoms with Gasteiger partial charge in [-0.15, -0.1) is 5.10 Å². The fourth-order valence-corrected chi connectivity index (χ4v) is 2.72. The summed E-state index contributed by atoms with van der Waals surface area (Å²) < 4.78 is 1.62. The van der Waals surface area contributed by atoms with E-state index in [1.54, 1.807) is 11.0 Å². The van der Waals surface area contributed by atoms with Crippen molar-refractivity contribution in [3.05, 3.63) is 29.5 Å². The van der Waals surface area contributed by atoms with E-state index in [0.717, 1.165) is 28.9 Å². The van der Waals surface area contributed by atoms with Crippen molar-refractivity contribution in [2.75, 3.05) is 11.9 Å². The van der Waals surface area contributed by atoms with E-state index < -0.39 is 0 Å². The normalized spacial score (nSPS) is 15.8. The van der Waals surface area contributed by atoms with Gasteiger partial charge in [-0.2, -0.15) is 0 Å². The third kappa shape index (κ3) is 2.87. The van der Waals surface area contributed by atoms with Gasteiger partial charge in [0.1, 0.15) is 6.33 Å². The molecule has 0 bridgehead atoms. The molecule has 1 aromatic heterocycles. The van der Waals surface area contributed by atoms with E-state index in [2.05, 4.69) is 20.8 Å². The van der Waals surface area contributed by atoms with Crippen molar-refractivity contribution in [3.63, 3.8) is 0 Å². The first-order valence-electron chi connectivity index (χ1n) is 6.60. The maximum Gasteiger partial charge on any atom is 0.143 e. The third-order valence-electron chi connectivity index (χ3n) is 3.62. The first-order chi connectivity index (χ1) is 9.33. The Balaban J connectivity index is 1.74. The molecule has 1 aromatic carbocycles. The summed E-state index contributed by atoms with van der Waals surface area (Å²) in [4.78, 5) is 0. The Morgan fingerprint density at radius 2 is 2.16 bits per heavy atom. The number of nitrogens with one attached hydrogen (secondary N) is 1. The summed E-state index contributed by atoms with van der Waals surface area (Å²) in [7, 11) is 0. The molecule has 19 heavy (non-hydrogen) atoms. The number of rotatable bonds is 4. The van der Waals surface area contributed by atoms with Gasteiger partial charge in [0, 0.05) is 6.54 Å². The van der Waals surface area contributed by atoms with Gasteiger partial charge < -0.3 is 5.32 Å². The van der Waals surface area contributed by atoms with Crippen LogP contribution in [0, 0.1) is 5.92 Å². The summed E-state index contributed by atoms with van der Waals surface area (Å²) in [6.07, 6.45) is 6.91. The van der Waals surface area contributed by atoms with Gasteiger partial charge in [-0.25, -0.2) is 4.68 Å². The molecule has 1 aliphatic carbocycles. The smallest absolute Gasteiger partial charge is 0.143 e. The second-order valence-electron chi connectivity index (χ2n) is 4.95. The van der Waals surface area contributed by atoms with Crippen molar-refractivity contribution >= 4 is 17.3 Å². The quantitative estimate of drug-likeness (QED) is 0.934. The van der Waals surface area contributed by atoms with Crippen molar-refractivity contribution in [3.8, 4) is 5.69 Å². The molecule has 0 aliphatic heterocycles. The molecule has 0 atom stereocenters. The van der Waals surface area contributed by atoms with E-state index in [0.29, 0.717) is 0 Å². The first-order valence-corrected chi connectivity index (χ1v) is 6.97. The fourth-order valence-electron chi connectivity index (χ4n) is 2.54. The van der Waals surface area contributed by atoms with E-state index in [4.69, 9.17) is 11.6 Å². The van der Waals surface area contributed by atoms with Gasteiger partial charge in [-0.05, 0) is 47.4 Å². The highest BCUT2D eigenvalue weighted by Crippen LogP contribution is 2.28. The third-order valence-corrected chi connectivity index (χ3v) is 3.95. The molecule has 0 saturated heterocycles. The van der Waals surface area contributed by atoms with Crippen LogP contribution in [0.4, 0.5) is 5.69 Å². The minimum absolute atomic E-state index is 0.731. The SMILES string of the molecule is Clc1ccc(-n2cnnn2)cc1NCC1CCCC1. The Morgan fingerprint density at radius 1 is 1.32 bits per heavy atom. The lowest BCUT2D eigenvalue weighted by Gasteiger charge is -2.14. The molecule has 2 aromatic rings. The van der Waals surface area contributed by atoms with E-state index in [-0.39, 0.29) is 0 Å². The highest BCUT2D eigenvalue weighted by atomic mass is 35.5. The molecule has 0 radical (unpaired) electrons. The van der Waals surface area contributed by atoms with Crippen LogP contribution >= 0.6 is 11.6 Å². The van der Waals surface area contributed by atoms with E-state index in [9.17, 15) is 0 Å². The number of hydrogen-bond donors (Lipinski definition) is 1. The van der Waals surface area contributed by atoms with Crippen LogP contribution in [0.2, 0.25) is 5.02 Å². The Bertz CT molecular complexity index is 534. The first kappa shape index (κ1) is 12.4. The Morgan fingerprint density at radius 3 is 2.89 bits per heavy atom. The Hall–Kier alpha value is -1.62. The number of aromatic nitrogens is 4. The van der Waals surface area contributed by atoms with Gasteiger partial charge in [0.05, 0.1) is 16.4 Å². The van der Waals surface area contributed by atoms with Gasteiger partial charge in [-0.3, -0.25) is 0 Å².